The first-order chi connectivity index (χ1) is 10.3. The quantitative estimate of drug-likeness (QED) is 0.806. The summed E-state index contributed by atoms with van der Waals surface area (Å²) in [5.74, 6) is -3.22. The Morgan fingerprint density at radius 2 is 1.45 bits per heavy atom. The Morgan fingerprint density at radius 1 is 0.864 bits per heavy atom. The third-order valence-corrected chi connectivity index (χ3v) is 3.95. The normalized spacial score (nSPS) is 10.9. The lowest BCUT2D eigenvalue weighted by molar-refractivity contribution is 0.0651. The Kier molecular flexibility index (Phi) is 4.13. The lowest BCUT2D eigenvalue weighted by atomic mass is 10.1. The largest absolute Gasteiger partial charge is 0.478 e. The zero-order valence-electron chi connectivity index (χ0n) is 11.0. The average molecular weight is 322 g/mol. The Hall–Kier alpha value is -2.87. The van der Waals surface area contributed by atoms with Crippen molar-refractivity contribution < 1.29 is 32.4 Å². The fraction of sp³-hybridized carbons (Fsp3) is 0. The first-order valence-corrected chi connectivity index (χ1v) is 7.32. The summed E-state index contributed by atoms with van der Waals surface area (Å²) in [4.78, 5) is 21.9. The van der Waals surface area contributed by atoms with Gasteiger partial charge in [0.05, 0.1) is 11.1 Å². The van der Waals surface area contributed by atoms with Crippen molar-refractivity contribution in [2.24, 2.45) is 0 Å². The zero-order valence-corrected chi connectivity index (χ0v) is 11.8. The summed E-state index contributed by atoms with van der Waals surface area (Å²) >= 11 is 0. The van der Waals surface area contributed by atoms with E-state index in [0.717, 1.165) is 18.2 Å². The highest BCUT2D eigenvalue weighted by molar-refractivity contribution is 7.87. The van der Waals surface area contributed by atoms with Gasteiger partial charge in [-0.15, -0.1) is 0 Å². The van der Waals surface area contributed by atoms with E-state index in [0.29, 0.717) is 0 Å². The molecule has 2 aromatic rings. The van der Waals surface area contributed by atoms with E-state index in [9.17, 15) is 18.0 Å². The molecule has 0 spiro atoms. The summed E-state index contributed by atoms with van der Waals surface area (Å²) < 4.78 is 28.9. The van der Waals surface area contributed by atoms with Crippen molar-refractivity contribution >= 4 is 22.1 Å². The smallest absolute Gasteiger partial charge is 0.339 e. The molecule has 114 valence electrons. The number of carboxylic acids is 2. The van der Waals surface area contributed by atoms with E-state index in [-0.39, 0.29) is 10.6 Å². The molecule has 8 heteroatoms. The molecule has 2 N–H and O–H groups in total. The minimum atomic E-state index is -4.13. The van der Waals surface area contributed by atoms with Crippen molar-refractivity contribution in [2.75, 3.05) is 0 Å². The molecule has 2 aromatic carbocycles. The van der Waals surface area contributed by atoms with Crippen molar-refractivity contribution in [3.8, 4) is 5.75 Å². The van der Waals surface area contributed by atoms with Crippen LogP contribution in [0.3, 0.4) is 0 Å². The van der Waals surface area contributed by atoms with E-state index >= 15 is 0 Å². The standard InChI is InChI=1S/C14H10O7S/c15-13(16)11-7-6-9(8-12(11)14(17)18)21-22(19,20)10-4-2-1-3-5-10/h1-8H,(H,15,16)(H,17,18). The van der Waals surface area contributed by atoms with Crippen molar-refractivity contribution in [2.45, 2.75) is 4.90 Å². The monoisotopic (exact) mass is 322 g/mol. The van der Waals surface area contributed by atoms with Crippen LogP contribution < -0.4 is 4.18 Å². The van der Waals surface area contributed by atoms with E-state index in [1.165, 1.54) is 24.3 Å². The molecule has 0 heterocycles. The van der Waals surface area contributed by atoms with E-state index in [4.69, 9.17) is 14.4 Å². The number of hydrogen-bond acceptors (Lipinski definition) is 5. The molecule has 0 unspecified atom stereocenters. The number of benzene rings is 2. The number of carboxylic acid groups (broad SMARTS) is 2. The number of hydrogen-bond donors (Lipinski definition) is 2. The Balaban J connectivity index is 2.41. The van der Waals surface area contributed by atoms with Crippen LogP contribution in [0.2, 0.25) is 0 Å². The van der Waals surface area contributed by atoms with E-state index in [1.54, 1.807) is 6.07 Å². The maximum absolute atomic E-state index is 12.0. The fourth-order valence-electron chi connectivity index (χ4n) is 1.70. The topological polar surface area (TPSA) is 118 Å². The van der Waals surface area contributed by atoms with E-state index in [2.05, 4.69) is 0 Å². The van der Waals surface area contributed by atoms with Crippen molar-refractivity contribution in [3.05, 3.63) is 59.7 Å². The van der Waals surface area contributed by atoms with Crippen LogP contribution in [0, 0.1) is 0 Å². The van der Waals surface area contributed by atoms with Gasteiger partial charge in [-0.1, -0.05) is 18.2 Å². The van der Waals surface area contributed by atoms with Gasteiger partial charge in [0, 0.05) is 0 Å². The maximum Gasteiger partial charge on any atom is 0.339 e. The van der Waals surface area contributed by atoms with Crippen LogP contribution in [0.5, 0.6) is 5.75 Å². The number of aromatic carboxylic acids is 2. The fourth-order valence-corrected chi connectivity index (χ4v) is 2.64. The second kappa shape index (κ2) is 5.86. The minimum Gasteiger partial charge on any atom is -0.478 e. The zero-order chi connectivity index (χ0) is 16.3. The van der Waals surface area contributed by atoms with Gasteiger partial charge in [-0.05, 0) is 30.3 Å². The van der Waals surface area contributed by atoms with E-state index in [1.807, 2.05) is 0 Å². The van der Waals surface area contributed by atoms with Crippen molar-refractivity contribution in [3.63, 3.8) is 0 Å². The molecular formula is C14H10O7S. The SMILES string of the molecule is O=C(O)c1ccc(OS(=O)(=O)c2ccccc2)cc1C(=O)O. The molecule has 0 bridgehead atoms. The summed E-state index contributed by atoms with van der Waals surface area (Å²) in [7, 11) is -4.13. The first kappa shape index (κ1) is 15.5. The van der Waals surface area contributed by atoms with Crippen LogP contribution >= 0.6 is 0 Å². The second-order valence-corrected chi connectivity index (χ2v) is 5.71. The van der Waals surface area contributed by atoms with Gasteiger partial charge in [0.2, 0.25) is 0 Å². The van der Waals surface area contributed by atoms with Crippen LogP contribution in [0.1, 0.15) is 20.7 Å². The molecule has 0 saturated carbocycles. The molecule has 0 atom stereocenters. The van der Waals surface area contributed by atoms with Gasteiger partial charge in [0.25, 0.3) is 0 Å². The summed E-state index contributed by atoms with van der Waals surface area (Å²) in [6, 6.07) is 10.2. The summed E-state index contributed by atoms with van der Waals surface area (Å²) in [5.41, 5.74) is -1.02. The molecule has 0 radical (unpaired) electrons. The summed E-state index contributed by atoms with van der Waals surface area (Å²) in [6.07, 6.45) is 0. The van der Waals surface area contributed by atoms with Crippen LogP contribution in [0.15, 0.2) is 53.4 Å². The lowest BCUT2D eigenvalue weighted by Crippen LogP contribution is -2.12. The predicted octanol–water partition coefficient (Wildman–Crippen LogP) is 1.85. The molecule has 7 nitrogen and oxygen atoms in total. The number of carbonyl (C=O) groups is 2. The molecule has 0 aliphatic rings. The van der Waals surface area contributed by atoms with Crippen molar-refractivity contribution in [1.29, 1.82) is 0 Å². The Labute approximate surface area is 125 Å². The molecule has 0 fully saturated rings. The highest BCUT2D eigenvalue weighted by Crippen LogP contribution is 2.22. The Morgan fingerprint density at radius 3 is 2.00 bits per heavy atom. The molecule has 0 amide bonds. The highest BCUT2D eigenvalue weighted by Gasteiger charge is 2.20. The molecule has 0 aromatic heterocycles. The molecule has 2 rings (SSSR count). The van der Waals surface area contributed by atoms with Crippen LogP contribution in [0.25, 0.3) is 0 Å². The van der Waals surface area contributed by atoms with Crippen LogP contribution in [0.4, 0.5) is 0 Å². The predicted molar refractivity (Wildman–Crippen MR) is 74.6 cm³/mol. The first-order valence-electron chi connectivity index (χ1n) is 5.91. The van der Waals surface area contributed by atoms with Gasteiger partial charge in [-0.25, -0.2) is 9.59 Å². The summed E-state index contributed by atoms with van der Waals surface area (Å²) in [5, 5.41) is 17.9. The second-order valence-electron chi connectivity index (χ2n) is 4.17. The number of rotatable bonds is 5. The average Bonchev–Trinajstić information content (AvgIpc) is 2.47. The lowest BCUT2D eigenvalue weighted by Gasteiger charge is -2.08. The molecular weight excluding hydrogens is 312 g/mol. The van der Waals surface area contributed by atoms with Gasteiger partial charge in [-0.2, -0.15) is 8.42 Å². The maximum atomic E-state index is 12.0. The van der Waals surface area contributed by atoms with Gasteiger partial charge in [0.1, 0.15) is 10.6 Å². The Bertz CT molecular complexity index is 826. The van der Waals surface area contributed by atoms with Gasteiger partial charge < -0.3 is 14.4 Å². The van der Waals surface area contributed by atoms with Crippen LogP contribution in [-0.2, 0) is 10.1 Å². The highest BCUT2D eigenvalue weighted by atomic mass is 32.2. The van der Waals surface area contributed by atoms with E-state index < -0.39 is 33.2 Å². The third kappa shape index (κ3) is 3.23. The van der Waals surface area contributed by atoms with Crippen molar-refractivity contribution in [1.82, 2.24) is 0 Å². The molecule has 0 aliphatic heterocycles. The molecule has 22 heavy (non-hydrogen) atoms. The van der Waals surface area contributed by atoms with Gasteiger partial charge in [-0.3, -0.25) is 0 Å². The molecule has 0 aliphatic carbocycles. The third-order valence-electron chi connectivity index (χ3n) is 2.69. The molecule has 0 saturated heterocycles. The van der Waals surface area contributed by atoms with Gasteiger partial charge >= 0.3 is 22.1 Å². The van der Waals surface area contributed by atoms with Gasteiger partial charge in [0.15, 0.2) is 0 Å². The summed E-state index contributed by atoms with van der Waals surface area (Å²) in [6.45, 7) is 0. The van der Waals surface area contributed by atoms with Crippen LogP contribution in [-0.4, -0.2) is 30.6 Å². The minimum absolute atomic E-state index is 0.103.